The fourth-order valence-corrected chi connectivity index (χ4v) is 4.81. The first kappa shape index (κ1) is 24.9. The average molecular weight is 478 g/mol. The second-order valence-electron chi connectivity index (χ2n) is 10.8. The van der Waals surface area contributed by atoms with E-state index in [0.717, 1.165) is 29.7 Å². The number of hydrogen-bond donors (Lipinski definition) is 3. The van der Waals surface area contributed by atoms with E-state index in [2.05, 4.69) is 27.9 Å². The molecule has 0 aliphatic carbocycles. The van der Waals surface area contributed by atoms with Crippen molar-refractivity contribution in [3.63, 3.8) is 0 Å². The number of aromatic nitrogens is 1. The number of nitrogens with one attached hydrogen (secondary N) is 3. The molecule has 8 nitrogen and oxygen atoms in total. The third-order valence-electron chi connectivity index (χ3n) is 6.58. The first-order valence-electron chi connectivity index (χ1n) is 12.3. The minimum Gasteiger partial charge on any atom is -0.329 e. The second-order valence-corrected chi connectivity index (χ2v) is 10.8. The van der Waals surface area contributed by atoms with Crippen LogP contribution in [0.3, 0.4) is 0 Å². The monoisotopic (exact) mass is 477 g/mol. The van der Waals surface area contributed by atoms with Crippen molar-refractivity contribution in [2.24, 2.45) is 11.3 Å². The third-order valence-corrected chi connectivity index (χ3v) is 6.58. The van der Waals surface area contributed by atoms with Crippen LogP contribution in [0.25, 0.3) is 0 Å². The van der Waals surface area contributed by atoms with E-state index in [-0.39, 0.29) is 36.7 Å². The van der Waals surface area contributed by atoms with Crippen LogP contribution in [-0.2, 0) is 27.2 Å². The van der Waals surface area contributed by atoms with Crippen molar-refractivity contribution < 1.29 is 14.4 Å². The highest BCUT2D eigenvalue weighted by Crippen LogP contribution is 2.26. The Morgan fingerprint density at radius 2 is 1.91 bits per heavy atom. The normalized spacial score (nSPS) is 19.9. The van der Waals surface area contributed by atoms with Gasteiger partial charge in [0.2, 0.25) is 17.7 Å². The first-order valence-corrected chi connectivity index (χ1v) is 12.3. The number of amides is 3. The van der Waals surface area contributed by atoms with Crippen LogP contribution in [0.2, 0.25) is 0 Å². The zero-order valence-electron chi connectivity index (χ0n) is 21.0. The van der Waals surface area contributed by atoms with Gasteiger partial charge in [-0.2, -0.15) is 0 Å². The van der Waals surface area contributed by atoms with Crippen LogP contribution in [-0.4, -0.2) is 53.3 Å². The zero-order valence-corrected chi connectivity index (χ0v) is 21.0. The molecule has 2 aromatic rings. The molecule has 0 spiro atoms. The molecular formula is C27H35N5O3. The number of fused-ring (bicyclic) bond motifs is 2. The van der Waals surface area contributed by atoms with Gasteiger partial charge in [0.25, 0.3) is 0 Å². The van der Waals surface area contributed by atoms with E-state index in [4.69, 9.17) is 0 Å². The minimum atomic E-state index is -0.581. The van der Waals surface area contributed by atoms with Crippen LogP contribution in [0.4, 0.5) is 11.5 Å². The van der Waals surface area contributed by atoms with Gasteiger partial charge in [-0.3, -0.25) is 14.4 Å². The molecule has 3 amide bonds. The summed E-state index contributed by atoms with van der Waals surface area (Å²) >= 11 is 0. The number of carbonyl (C=O) groups excluding carboxylic acids is 3. The van der Waals surface area contributed by atoms with E-state index in [1.54, 1.807) is 11.1 Å². The topological polar surface area (TPSA) is 103 Å². The van der Waals surface area contributed by atoms with Gasteiger partial charge in [0, 0.05) is 36.3 Å². The third kappa shape index (κ3) is 6.06. The van der Waals surface area contributed by atoms with Crippen molar-refractivity contribution in [3.05, 3.63) is 53.2 Å². The lowest BCUT2D eigenvalue weighted by Crippen LogP contribution is -2.55. The minimum absolute atomic E-state index is 0.00815. The molecule has 1 aromatic carbocycles. The highest BCUT2D eigenvalue weighted by Gasteiger charge is 2.35. The zero-order chi connectivity index (χ0) is 25.2. The summed E-state index contributed by atoms with van der Waals surface area (Å²) in [6.45, 7) is 9.40. The molecule has 3 heterocycles. The van der Waals surface area contributed by atoms with E-state index in [0.29, 0.717) is 30.4 Å². The standard InChI is InChI=1S/C27H35N5O3/c1-17-10-22(15-28-14-17)32(26(35)27(2,3)4)16-24(34)30-21-8-7-18-11-19-6-5-9-29-25(19)31-23(33)13-20(18)12-21/h5-9,12,17,22,28H,10-11,13-16H2,1-4H3,(H,30,34)(H,29,31,33)/t17-,22-/m0/s1. The lowest BCUT2D eigenvalue weighted by atomic mass is 9.91. The molecule has 186 valence electrons. The van der Waals surface area contributed by atoms with Crippen LogP contribution >= 0.6 is 0 Å². The molecule has 0 radical (unpaired) electrons. The van der Waals surface area contributed by atoms with Gasteiger partial charge >= 0.3 is 0 Å². The molecule has 0 bridgehead atoms. The van der Waals surface area contributed by atoms with Crippen molar-refractivity contribution in [2.75, 3.05) is 30.3 Å². The summed E-state index contributed by atoms with van der Waals surface area (Å²) in [6, 6.07) is 9.44. The molecular weight excluding hydrogens is 442 g/mol. The number of nitrogens with zero attached hydrogens (tertiary/aromatic N) is 2. The average Bonchev–Trinajstić information content (AvgIpc) is 2.78. The fraction of sp³-hybridized carbons (Fsp3) is 0.481. The highest BCUT2D eigenvalue weighted by molar-refractivity contribution is 5.96. The molecule has 1 fully saturated rings. The summed E-state index contributed by atoms with van der Waals surface area (Å²) in [5.74, 6) is 0.611. The van der Waals surface area contributed by atoms with Gasteiger partial charge in [0.15, 0.2) is 0 Å². The van der Waals surface area contributed by atoms with Gasteiger partial charge in [-0.25, -0.2) is 4.98 Å². The van der Waals surface area contributed by atoms with Crippen LogP contribution < -0.4 is 16.0 Å². The summed E-state index contributed by atoms with van der Waals surface area (Å²) in [4.78, 5) is 44.8. The molecule has 8 heteroatoms. The Labute approximate surface area is 206 Å². The SMILES string of the molecule is C[C@@H]1CNC[C@@H](N(CC(=O)Nc2ccc3c(c2)CC(=O)Nc2ncccc2C3)C(=O)C(C)(C)C)C1. The van der Waals surface area contributed by atoms with E-state index >= 15 is 0 Å². The Balaban J connectivity index is 1.51. The van der Waals surface area contributed by atoms with Crippen LogP contribution in [0, 0.1) is 11.3 Å². The molecule has 1 saturated heterocycles. The Hall–Kier alpha value is -3.26. The van der Waals surface area contributed by atoms with Crippen LogP contribution in [0.5, 0.6) is 0 Å². The lowest BCUT2D eigenvalue weighted by molar-refractivity contribution is -0.145. The molecule has 0 saturated carbocycles. The Morgan fingerprint density at radius 1 is 1.11 bits per heavy atom. The molecule has 0 unspecified atom stereocenters. The predicted octanol–water partition coefficient (Wildman–Crippen LogP) is 2.98. The summed E-state index contributed by atoms with van der Waals surface area (Å²) in [5.41, 5.74) is 2.88. The second kappa shape index (κ2) is 10.2. The van der Waals surface area contributed by atoms with Crippen molar-refractivity contribution in [1.82, 2.24) is 15.2 Å². The van der Waals surface area contributed by atoms with Gasteiger partial charge in [0.1, 0.15) is 12.4 Å². The maximum atomic E-state index is 13.2. The number of carbonyl (C=O) groups is 3. The molecule has 35 heavy (non-hydrogen) atoms. The predicted molar refractivity (Wildman–Crippen MR) is 136 cm³/mol. The number of hydrogen-bond acceptors (Lipinski definition) is 5. The molecule has 2 atom stereocenters. The summed E-state index contributed by atoms with van der Waals surface area (Å²) in [5, 5.41) is 9.20. The Bertz CT molecular complexity index is 1120. The molecule has 3 N–H and O–H groups in total. The smallest absolute Gasteiger partial charge is 0.244 e. The van der Waals surface area contributed by atoms with Gasteiger partial charge in [-0.15, -0.1) is 0 Å². The maximum Gasteiger partial charge on any atom is 0.244 e. The number of pyridine rings is 1. The van der Waals surface area contributed by atoms with Crippen LogP contribution in [0.1, 0.15) is 50.8 Å². The van der Waals surface area contributed by atoms with Crippen LogP contribution in [0.15, 0.2) is 36.5 Å². The first-order chi connectivity index (χ1) is 16.6. The highest BCUT2D eigenvalue weighted by atomic mass is 16.2. The summed E-state index contributed by atoms with van der Waals surface area (Å²) in [6.07, 6.45) is 3.38. The van der Waals surface area contributed by atoms with E-state index in [1.807, 2.05) is 51.1 Å². The van der Waals surface area contributed by atoms with Crippen molar-refractivity contribution in [3.8, 4) is 0 Å². The Kier molecular flexibility index (Phi) is 7.21. The molecule has 1 aromatic heterocycles. The number of benzene rings is 1. The van der Waals surface area contributed by atoms with Gasteiger partial charge in [-0.05, 0) is 53.8 Å². The Morgan fingerprint density at radius 3 is 2.66 bits per heavy atom. The number of anilines is 2. The van der Waals surface area contributed by atoms with Crippen molar-refractivity contribution in [2.45, 2.75) is 53.0 Å². The molecule has 2 aliphatic rings. The molecule has 2 aliphatic heterocycles. The van der Waals surface area contributed by atoms with E-state index in [9.17, 15) is 14.4 Å². The number of rotatable bonds is 4. The van der Waals surface area contributed by atoms with E-state index in [1.165, 1.54) is 0 Å². The maximum absolute atomic E-state index is 13.2. The van der Waals surface area contributed by atoms with Crippen molar-refractivity contribution in [1.29, 1.82) is 0 Å². The fourth-order valence-electron chi connectivity index (χ4n) is 4.81. The quantitative estimate of drug-likeness (QED) is 0.628. The van der Waals surface area contributed by atoms with E-state index < -0.39 is 5.41 Å². The number of piperidine rings is 1. The van der Waals surface area contributed by atoms with Gasteiger partial charge in [0.05, 0.1) is 6.42 Å². The summed E-state index contributed by atoms with van der Waals surface area (Å²) < 4.78 is 0. The van der Waals surface area contributed by atoms with Gasteiger partial charge < -0.3 is 20.9 Å². The largest absolute Gasteiger partial charge is 0.329 e. The lowest BCUT2D eigenvalue weighted by Gasteiger charge is -2.39. The summed E-state index contributed by atoms with van der Waals surface area (Å²) in [7, 11) is 0. The van der Waals surface area contributed by atoms with Crippen molar-refractivity contribution >= 4 is 29.2 Å². The molecule has 4 rings (SSSR count). The van der Waals surface area contributed by atoms with Gasteiger partial charge in [-0.1, -0.05) is 39.8 Å².